The standard InChI is InChI=1S/C18H20N4O2S/c1-24-13-5-3-12(4-6-13)20-18(23)11-2-7-15-14(8-11)17(22-21-15)16-9-19-10-25-16/h2,7-10,12-13H,3-6H2,1H3,(H,20,23)(H,21,22). The molecule has 0 saturated heterocycles. The summed E-state index contributed by atoms with van der Waals surface area (Å²) in [7, 11) is 1.75. The Morgan fingerprint density at radius 2 is 2.16 bits per heavy atom. The van der Waals surface area contributed by atoms with Crippen LogP contribution in [0.15, 0.2) is 29.9 Å². The van der Waals surface area contributed by atoms with Gasteiger partial charge in [0.25, 0.3) is 5.91 Å². The zero-order valence-corrected chi connectivity index (χ0v) is 14.8. The summed E-state index contributed by atoms with van der Waals surface area (Å²) >= 11 is 1.53. The van der Waals surface area contributed by atoms with E-state index in [4.69, 9.17) is 4.74 Å². The van der Waals surface area contributed by atoms with Gasteiger partial charge >= 0.3 is 0 Å². The molecule has 1 saturated carbocycles. The minimum Gasteiger partial charge on any atom is -0.381 e. The van der Waals surface area contributed by atoms with Crippen LogP contribution in [0.25, 0.3) is 21.5 Å². The number of H-pyrrole nitrogens is 1. The first kappa shape index (κ1) is 16.2. The highest BCUT2D eigenvalue weighted by Gasteiger charge is 2.23. The van der Waals surface area contributed by atoms with Gasteiger partial charge in [-0.05, 0) is 43.9 Å². The first-order valence-corrected chi connectivity index (χ1v) is 9.33. The van der Waals surface area contributed by atoms with Crippen molar-refractivity contribution in [3.63, 3.8) is 0 Å². The predicted octanol–water partition coefficient (Wildman–Crippen LogP) is 3.37. The van der Waals surface area contributed by atoms with Crippen LogP contribution in [0.4, 0.5) is 0 Å². The van der Waals surface area contributed by atoms with Crippen molar-refractivity contribution in [2.24, 2.45) is 0 Å². The van der Waals surface area contributed by atoms with Crippen LogP contribution in [0.2, 0.25) is 0 Å². The molecule has 0 unspecified atom stereocenters. The Morgan fingerprint density at radius 3 is 2.88 bits per heavy atom. The Labute approximate surface area is 149 Å². The zero-order valence-electron chi connectivity index (χ0n) is 14.0. The minimum absolute atomic E-state index is 0.0285. The molecule has 25 heavy (non-hydrogen) atoms. The van der Waals surface area contributed by atoms with E-state index in [1.165, 1.54) is 11.3 Å². The van der Waals surface area contributed by atoms with Crippen molar-refractivity contribution in [2.75, 3.05) is 7.11 Å². The molecule has 0 radical (unpaired) electrons. The Kier molecular flexibility index (Phi) is 4.50. The molecule has 1 aliphatic carbocycles. The number of nitrogens with zero attached hydrogens (tertiary/aromatic N) is 2. The second kappa shape index (κ2) is 6.93. The number of aromatic nitrogens is 3. The highest BCUT2D eigenvalue weighted by Crippen LogP contribution is 2.29. The maximum Gasteiger partial charge on any atom is 0.251 e. The van der Waals surface area contributed by atoms with Crippen LogP contribution >= 0.6 is 11.3 Å². The highest BCUT2D eigenvalue weighted by molar-refractivity contribution is 7.13. The number of methoxy groups -OCH3 is 1. The number of aromatic amines is 1. The van der Waals surface area contributed by atoms with Gasteiger partial charge in [-0.15, -0.1) is 11.3 Å². The molecule has 130 valence electrons. The first-order chi connectivity index (χ1) is 12.2. The number of thiazole rings is 1. The molecule has 1 fully saturated rings. The molecule has 0 aliphatic heterocycles. The lowest BCUT2D eigenvalue weighted by molar-refractivity contribution is 0.0599. The Balaban J connectivity index is 1.53. The second-order valence-corrected chi connectivity index (χ2v) is 7.27. The summed E-state index contributed by atoms with van der Waals surface area (Å²) in [6.45, 7) is 0. The quantitative estimate of drug-likeness (QED) is 0.751. The van der Waals surface area contributed by atoms with Gasteiger partial charge in [0.1, 0.15) is 5.69 Å². The predicted molar refractivity (Wildman–Crippen MR) is 97.7 cm³/mol. The fourth-order valence-electron chi connectivity index (χ4n) is 3.39. The number of ether oxygens (including phenoxy) is 1. The smallest absolute Gasteiger partial charge is 0.251 e. The molecular formula is C18H20N4O2S. The van der Waals surface area contributed by atoms with Gasteiger partial charge in [-0.2, -0.15) is 5.10 Å². The summed E-state index contributed by atoms with van der Waals surface area (Å²) in [5.74, 6) is -0.0285. The lowest BCUT2D eigenvalue weighted by Crippen LogP contribution is -2.38. The van der Waals surface area contributed by atoms with Crippen molar-refractivity contribution in [3.05, 3.63) is 35.5 Å². The number of nitrogens with one attached hydrogen (secondary N) is 2. The Hall–Kier alpha value is -2.25. The number of amides is 1. The van der Waals surface area contributed by atoms with E-state index in [1.54, 1.807) is 18.8 Å². The monoisotopic (exact) mass is 356 g/mol. The van der Waals surface area contributed by atoms with Crippen LogP contribution in [0.1, 0.15) is 36.0 Å². The van der Waals surface area contributed by atoms with Crippen LogP contribution in [-0.2, 0) is 4.74 Å². The molecule has 1 aromatic carbocycles. The number of hydrogen-bond acceptors (Lipinski definition) is 5. The van der Waals surface area contributed by atoms with Gasteiger partial charge < -0.3 is 10.1 Å². The second-order valence-electron chi connectivity index (χ2n) is 6.38. The van der Waals surface area contributed by atoms with Crippen molar-refractivity contribution in [1.82, 2.24) is 20.5 Å². The number of fused-ring (bicyclic) bond motifs is 1. The maximum atomic E-state index is 12.6. The molecule has 1 aliphatic rings. The van der Waals surface area contributed by atoms with E-state index < -0.39 is 0 Å². The van der Waals surface area contributed by atoms with Crippen LogP contribution in [0.5, 0.6) is 0 Å². The molecule has 0 atom stereocenters. The van der Waals surface area contributed by atoms with Gasteiger partial charge in [0.05, 0.1) is 22.0 Å². The molecule has 2 aromatic heterocycles. The molecule has 0 spiro atoms. The third-order valence-electron chi connectivity index (χ3n) is 4.83. The molecule has 2 N–H and O–H groups in total. The third kappa shape index (κ3) is 3.29. The van der Waals surface area contributed by atoms with Crippen LogP contribution in [0, 0.1) is 0 Å². The summed E-state index contributed by atoms with van der Waals surface area (Å²) < 4.78 is 5.39. The van der Waals surface area contributed by atoms with E-state index in [9.17, 15) is 4.79 Å². The lowest BCUT2D eigenvalue weighted by atomic mass is 9.92. The molecule has 4 rings (SSSR count). The summed E-state index contributed by atoms with van der Waals surface area (Å²) in [6.07, 6.45) is 6.04. The minimum atomic E-state index is -0.0285. The van der Waals surface area contributed by atoms with Crippen molar-refractivity contribution in [1.29, 1.82) is 0 Å². The third-order valence-corrected chi connectivity index (χ3v) is 5.61. The van der Waals surface area contributed by atoms with Gasteiger partial charge in [-0.1, -0.05) is 0 Å². The zero-order chi connectivity index (χ0) is 17.2. The van der Waals surface area contributed by atoms with Crippen LogP contribution < -0.4 is 5.32 Å². The maximum absolute atomic E-state index is 12.6. The highest BCUT2D eigenvalue weighted by atomic mass is 32.1. The van der Waals surface area contributed by atoms with E-state index in [0.29, 0.717) is 11.7 Å². The molecule has 7 heteroatoms. The molecule has 0 bridgehead atoms. The number of hydrogen-bond donors (Lipinski definition) is 2. The van der Waals surface area contributed by atoms with Gasteiger partial charge in [0.15, 0.2) is 0 Å². The molecule has 3 aromatic rings. The SMILES string of the molecule is COC1CCC(NC(=O)c2ccc3[nH]nc(-c4cncs4)c3c2)CC1. The Morgan fingerprint density at radius 1 is 1.32 bits per heavy atom. The fourth-order valence-corrected chi connectivity index (χ4v) is 4.01. The summed E-state index contributed by atoms with van der Waals surface area (Å²) in [5.41, 5.74) is 4.20. The van der Waals surface area contributed by atoms with Gasteiger partial charge in [0.2, 0.25) is 0 Å². The molecule has 2 heterocycles. The van der Waals surface area contributed by atoms with Crippen molar-refractivity contribution in [2.45, 2.75) is 37.8 Å². The van der Waals surface area contributed by atoms with E-state index in [1.807, 2.05) is 18.2 Å². The van der Waals surface area contributed by atoms with Crippen LogP contribution in [0.3, 0.4) is 0 Å². The van der Waals surface area contributed by atoms with E-state index >= 15 is 0 Å². The fraction of sp³-hybridized carbons (Fsp3) is 0.389. The van der Waals surface area contributed by atoms with Crippen LogP contribution in [-0.4, -0.2) is 40.3 Å². The lowest BCUT2D eigenvalue weighted by Gasteiger charge is -2.28. The number of rotatable bonds is 4. The van der Waals surface area contributed by atoms with Gasteiger partial charge in [0, 0.05) is 30.3 Å². The molecular weight excluding hydrogens is 336 g/mol. The van der Waals surface area contributed by atoms with E-state index in [2.05, 4.69) is 20.5 Å². The van der Waals surface area contributed by atoms with Gasteiger partial charge in [-0.25, -0.2) is 0 Å². The average molecular weight is 356 g/mol. The first-order valence-electron chi connectivity index (χ1n) is 8.45. The summed E-state index contributed by atoms with van der Waals surface area (Å²) in [5, 5.41) is 11.5. The van der Waals surface area contributed by atoms with Gasteiger partial charge in [-0.3, -0.25) is 14.9 Å². The topological polar surface area (TPSA) is 79.9 Å². The van der Waals surface area contributed by atoms with Crippen molar-refractivity contribution < 1.29 is 9.53 Å². The molecule has 6 nitrogen and oxygen atoms in total. The summed E-state index contributed by atoms with van der Waals surface area (Å²) in [6, 6.07) is 5.88. The van der Waals surface area contributed by atoms with Crippen molar-refractivity contribution in [3.8, 4) is 10.6 Å². The molecule has 1 amide bonds. The largest absolute Gasteiger partial charge is 0.381 e. The number of carbonyl (C=O) groups excluding carboxylic acids is 1. The normalized spacial score (nSPS) is 20.7. The van der Waals surface area contributed by atoms with E-state index in [-0.39, 0.29) is 11.9 Å². The number of benzene rings is 1. The Bertz CT molecular complexity index is 866. The average Bonchev–Trinajstić information content (AvgIpc) is 3.31. The van der Waals surface area contributed by atoms with Crippen molar-refractivity contribution >= 4 is 28.1 Å². The number of carbonyl (C=O) groups is 1. The van der Waals surface area contributed by atoms with E-state index in [0.717, 1.165) is 47.2 Å². The summed E-state index contributed by atoms with van der Waals surface area (Å²) in [4.78, 5) is 17.7.